The predicted octanol–water partition coefficient (Wildman–Crippen LogP) is 4.80. The molecule has 0 saturated heterocycles. The van der Waals surface area contributed by atoms with Crippen LogP contribution >= 0.6 is 0 Å². The van der Waals surface area contributed by atoms with Crippen LogP contribution in [0, 0.1) is 20.8 Å². The van der Waals surface area contributed by atoms with Crippen molar-refractivity contribution < 1.29 is 14.3 Å². The number of esters is 1. The average Bonchev–Trinajstić information content (AvgIpc) is 3.56. The van der Waals surface area contributed by atoms with E-state index in [1.54, 1.807) is 16.9 Å². The van der Waals surface area contributed by atoms with E-state index in [4.69, 9.17) is 9.72 Å². The molecule has 3 aromatic heterocycles. The molecule has 3 heterocycles. The van der Waals surface area contributed by atoms with Crippen LogP contribution in [-0.2, 0) is 9.53 Å². The van der Waals surface area contributed by atoms with E-state index < -0.39 is 18.5 Å². The third-order valence-electron chi connectivity index (χ3n) is 6.46. The number of amides is 1. The van der Waals surface area contributed by atoms with Gasteiger partial charge in [0.05, 0.1) is 39.9 Å². The van der Waals surface area contributed by atoms with Crippen molar-refractivity contribution >= 4 is 28.6 Å². The molecule has 4 aromatic rings. The smallest absolute Gasteiger partial charge is 0.339 e. The number of carbonyl (C=O) groups excluding carboxylic acids is 2. The Balaban J connectivity index is 1.32. The molecule has 5 rings (SSSR count). The Hall–Kier alpha value is -4.01. The Morgan fingerprint density at radius 2 is 1.86 bits per heavy atom. The van der Waals surface area contributed by atoms with E-state index in [9.17, 15) is 9.59 Å². The summed E-state index contributed by atoms with van der Waals surface area (Å²) in [5, 5.41) is 12.5. The van der Waals surface area contributed by atoms with Gasteiger partial charge >= 0.3 is 5.97 Å². The maximum atomic E-state index is 13.1. The summed E-state index contributed by atoms with van der Waals surface area (Å²) in [6, 6.07) is 9.88. The second-order valence-corrected chi connectivity index (χ2v) is 9.71. The van der Waals surface area contributed by atoms with Gasteiger partial charge in [-0.3, -0.25) is 4.79 Å². The van der Waals surface area contributed by atoms with Crippen LogP contribution in [0.5, 0.6) is 0 Å². The highest BCUT2D eigenvalue weighted by molar-refractivity contribution is 6.04. The van der Waals surface area contributed by atoms with Crippen molar-refractivity contribution in [3.8, 4) is 5.69 Å². The molecule has 1 fully saturated rings. The minimum Gasteiger partial charge on any atom is -0.452 e. The van der Waals surface area contributed by atoms with E-state index in [2.05, 4.69) is 15.5 Å². The molecule has 9 heteroatoms. The summed E-state index contributed by atoms with van der Waals surface area (Å²) < 4.78 is 9.03. The van der Waals surface area contributed by atoms with E-state index in [0.29, 0.717) is 33.9 Å². The van der Waals surface area contributed by atoms with Crippen molar-refractivity contribution in [2.45, 2.75) is 59.4 Å². The van der Waals surface area contributed by atoms with E-state index >= 15 is 0 Å². The first-order chi connectivity index (χ1) is 17.2. The lowest BCUT2D eigenvalue weighted by Crippen LogP contribution is -2.22. The topological polar surface area (TPSA) is 104 Å². The zero-order valence-corrected chi connectivity index (χ0v) is 21.2. The van der Waals surface area contributed by atoms with Gasteiger partial charge < -0.3 is 10.1 Å². The third-order valence-corrected chi connectivity index (χ3v) is 6.46. The first-order valence-electron chi connectivity index (χ1n) is 12.2. The molecule has 0 aliphatic heterocycles. The van der Waals surface area contributed by atoms with Gasteiger partial charge in [0.15, 0.2) is 12.3 Å². The van der Waals surface area contributed by atoms with Crippen molar-refractivity contribution in [3.05, 3.63) is 64.7 Å². The Bertz CT molecular complexity index is 1460. The maximum absolute atomic E-state index is 13.1. The highest BCUT2D eigenvalue weighted by atomic mass is 16.5. The number of pyridine rings is 1. The summed E-state index contributed by atoms with van der Waals surface area (Å²) in [6.45, 7) is 9.38. The summed E-state index contributed by atoms with van der Waals surface area (Å²) in [6.07, 6.45) is 3.75. The number of hydrogen-bond acceptors (Lipinski definition) is 6. The number of ether oxygens (including phenoxy) is 1. The Labute approximate surface area is 209 Å². The highest BCUT2D eigenvalue weighted by Crippen LogP contribution is 2.40. The van der Waals surface area contributed by atoms with Crippen LogP contribution in [0.15, 0.2) is 36.5 Å². The minimum atomic E-state index is -0.563. The molecule has 1 saturated carbocycles. The molecule has 0 unspecified atom stereocenters. The number of rotatable bonds is 7. The molecule has 0 radical (unpaired) electrons. The first-order valence-corrected chi connectivity index (χ1v) is 12.2. The van der Waals surface area contributed by atoms with Gasteiger partial charge in [0.1, 0.15) is 0 Å². The van der Waals surface area contributed by atoms with Crippen LogP contribution in [0.1, 0.15) is 71.7 Å². The molecule has 0 atom stereocenters. The Morgan fingerprint density at radius 1 is 1.14 bits per heavy atom. The molecule has 1 aliphatic carbocycles. The molecular weight excluding hydrogens is 456 g/mol. The molecule has 0 spiro atoms. The van der Waals surface area contributed by atoms with Crippen molar-refractivity contribution in [1.82, 2.24) is 24.5 Å². The lowest BCUT2D eigenvalue weighted by atomic mass is 10.1. The number of carbonyl (C=O) groups is 2. The van der Waals surface area contributed by atoms with E-state index in [1.165, 1.54) is 0 Å². The first kappa shape index (κ1) is 23.7. The van der Waals surface area contributed by atoms with Gasteiger partial charge in [0.25, 0.3) is 5.91 Å². The standard InChI is InChI=1S/C27H30N6O3/c1-15(2)32-26-22(13-28-32)21(12-23(29-26)19-8-9-19)27(35)36-14-24(34)30-25-17(4)31-33(18(25)5)20-10-6-16(3)7-11-20/h6-7,10-13,15,19H,8-9,14H2,1-5H3,(H,30,34). The molecular formula is C27H30N6O3. The fraction of sp³-hybridized carbons (Fsp3) is 0.370. The number of aromatic nitrogens is 5. The predicted molar refractivity (Wildman–Crippen MR) is 137 cm³/mol. The number of nitrogens with zero attached hydrogens (tertiary/aromatic N) is 5. The number of anilines is 1. The number of benzene rings is 1. The van der Waals surface area contributed by atoms with E-state index in [-0.39, 0.29) is 6.04 Å². The second-order valence-electron chi connectivity index (χ2n) is 9.71. The molecule has 9 nitrogen and oxygen atoms in total. The maximum Gasteiger partial charge on any atom is 0.339 e. The van der Waals surface area contributed by atoms with Crippen molar-refractivity contribution in [2.24, 2.45) is 0 Å². The minimum absolute atomic E-state index is 0.103. The summed E-state index contributed by atoms with van der Waals surface area (Å²) >= 11 is 0. The molecule has 1 N–H and O–H groups in total. The second kappa shape index (κ2) is 9.22. The van der Waals surface area contributed by atoms with Crippen molar-refractivity contribution in [3.63, 3.8) is 0 Å². The zero-order valence-electron chi connectivity index (χ0n) is 21.2. The Morgan fingerprint density at radius 3 is 2.53 bits per heavy atom. The van der Waals surface area contributed by atoms with Crippen LogP contribution in [0.3, 0.4) is 0 Å². The summed E-state index contributed by atoms with van der Waals surface area (Å²) in [4.78, 5) is 30.6. The monoisotopic (exact) mass is 486 g/mol. The third kappa shape index (κ3) is 4.48. The average molecular weight is 487 g/mol. The number of aryl methyl sites for hydroxylation is 2. The number of fused-ring (bicyclic) bond motifs is 1. The van der Waals surface area contributed by atoms with Gasteiger partial charge in [-0.1, -0.05) is 17.7 Å². The fourth-order valence-corrected chi connectivity index (χ4v) is 4.32. The van der Waals surface area contributed by atoms with Crippen LogP contribution in [0.2, 0.25) is 0 Å². The van der Waals surface area contributed by atoms with Gasteiger partial charge in [0.2, 0.25) is 0 Å². The van der Waals surface area contributed by atoms with Crippen LogP contribution in [-0.4, -0.2) is 43.0 Å². The Kier molecular flexibility index (Phi) is 6.07. The fourth-order valence-electron chi connectivity index (χ4n) is 4.32. The largest absolute Gasteiger partial charge is 0.452 e. The van der Waals surface area contributed by atoms with Gasteiger partial charge in [-0.05, 0) is 65.7 Å². The zero-order chi connectivity index (χ0) is 25.6. The normalized spacial score (nSPS) is 13.4. The van der Waals surface area contributed by atoms with Crippen LogP contribution < -0.4 is 5.32 Å². The lowest BCUT2D eigenvalue weighted by molar-refractivity contribution is -0.119. The molecule has 1 aromatic carbocycles. The molecule has 0 bridgehead atoms. The molecule has 36 heavy (non-hydrogen) atoms. The summed E-state index contributed by atoms with van der Waals surface area (Å²) in [5.41, 5.74) is 6.07. The number of nitrogens with one attached hydrogen (secondary N) is 1. The molecule has 1 amide bonds. The molecule has 1 aliphatic rings. The van der Waals surface area contributed by atoms with Crippen molar-refractivity contribution in [2.75, 3.05) is 11.9 Å². The van der Waals surface area contributed by atoms with Gasteiger partial charge in [-0.15, -0.1) is 0 Å². The highest BCUT2D eigenvalue weighted by Gasteiger charge is 2.29. The van der Waals surface area contributed by atoms with Gasteiger partial charge in [-0.25, -0.2) is 19.1 Å². The number of hydrogen-bond donors (Lipinski definition) is 1. The molecule has 186 valence electrons. The summed E-state index contributed by atoms with van der Waals surface area (Å²) in [5.74, 6) is -0.633. The van der Waals surface area contributed by atoms with E-state index in [0.717, 1.165) is 35.5 Å². The summed E-state index contributed by atoms with van der Waals surface area (Å²) in [7, 11) is 0. The van der Waals surface area contributed by atoms with Crippen LogP contribution in [0.4, 0.5) is 5.69 Å². The van der Waals surface area contributed by atoms with E-state index in [1.807, 2.05) is 63.6 Å². The SMILES string of the molecule is Cc1ccc(-n2nc(C)c(NC(=O)COC(=O)c3cc(C4CC4)nc4c3cnn4C(C)C)c2C)cc1. The van der Waals surface area contributed by atoms with Gasteiger partial charge in [-0.2, -0.15) is 10.2 Å². The van der Waals surface area contributed by atoms with Gasteiger partial charge in [0, 0.05) is 17.7 Å². The lowest BCUT2D eigenvalue weighted by Gasteiger charge is -2.11. The van der Waals surface area contributed by atoms with Crippen molar-refractivity contribution in [1.29, 1.82) is 0 Å². The van der Waals surface area contributed by atoms with Crippen LogP contribution in [0.25, 0.3) is 16.7 Å². The quantitative estimate of drug-likeness (QED) is 0.377.